The van der Waals surface area contributed by atoms with Crippen molar-refractivity contribution in [2.24, 2.45) is 0 Å². The first kappa shape index (κ1) is 13.8. The van der Waals surface area contributed by atoms with Crippen LogP contribution in [0.3, 0.4) is 0 Å². The number of aromatic nitrogens is 2. The zero-order valence-corrected chi connectivity index (χ0v) is 10.00. The van der Waals surface area contributed by atoms with Gasteiger partial charge in [0.1, 0.15) is 28.8 Å². The van der Waals surface area contributed by atoms with Crippen molar-refractivity contribution in [3.8, 4) is 11.4 Å². The molecule has 0 saturated carbocycles. The molecule has 1 aromatic heterocycles. The number of hydrogen-bond acceptors (Lipinski definition) is 3. The van der Waals surface area contributed by atoms with Crippen molar-refractivity contribution >= 4 is 5.97 Å². The van der Waals surface area contributed by atoms with Gasteiger partial charge in [-0.2, -0.15) is 0 Å². The van der Waals surface area contributed by atoms with Crippen LogP contribution in [0, 0.1) is 24.4 Å². The van der Waals surface area contributed by atoms with Crippen LogP contribution < -0.4 is 5.56 Å². The molecular formula is C12H7F3N2O3. The van der Waals surface area contributed by atoms with E-state index in [4.69, 9.17) is 5.11 Å². The summed E-state index contributed by atoms with van der Waals surface area (Å²) in [5, 5.41) is 8.80. The lowest BCUT2D eigenvalue weighted by Gasteiger charge is -2.07. The number of aromatic amines is 1. The molecule has 0 fully saturated rings. The molecule has 5 nitrogen and oxygen atoms in total. The molecule has 0 saturated heterocycles. The number of rotatable bonds is 2. The Kier molecular flexibility index (Phi) is 3.31. The number of H-pyrrole nitrogens is 1. The maximum Gasteiger partial charge on any atom is 0.343 e. The molecule has 1 aromatic carbocycles. The third-order valence-electron chi connectivity index (χ3n) is 2.56. The van der Waals surface area contributed by atoms with Crippen LogP contribution in [0.1, 0.15) is 16.1 Å². The molecule has 2 aromatic rings. The summed E-state index contributed by atoms with van der Waals surface area (Å²) in [6.45, 7) is 1.21. The number of carboxylic acids is 1. The maximum atomic E-state index is 13.6. The van der Waals surface area contributed by atoms with Gasteiger partial charge in [-0.05, 0) is 6.92 Å². The zero-order valence-electron chi connectivity index (χ0n) is 10.00. The summed E-state index contributed by atoms with van der Waals surface area (Å²) in [5.41, 5.74) is -2.62. The zero-order chi connectivity index (χ0) is 15.0. The molecule has 0 aliphatic heterocycles. The van der Waals surface area contributed by atoms with Gasteiger partial charge in [-0.15, -0.1) is 0 Å². The van der Waals surface area contributed by atoms with Crippen LogP contribution in [0.2, 0.25) is 0 Å². The Morgan fingerprint density at radius 3 is 2.25 bits per heavy atom. The Bertz CT molecular complexity index is 748. The van der Waals surface area contributed by atoms with Crippen molar-refractivity contribution in [2.75, 3.05) is 0 Å². The Labute approximate surface area is 109 Å². The van der Waals surface area contributed by atoms with Crippen LogP contribution >= 0.6 is 0 Å². The molecular weight excluding hydrogens is 277 g/mol. The Hall–Kier alpha value is -2.64. The molecule has 2 N–H and O–H groups in total. The summed E-state index contributed by atoms with van der Waals surface area (Å²) in [7, 11) is 0. The van der Waals surface area contributed by atoms with Crippen LogP contribution in [0.4, 0.5) is 13.2 Å². The summed E-state index contributed by atoms with van der Waals surface area (Å²) >= 11 is 0. The highest BCUT2D eigenvalue weighted by molar-refractivity contribution is 5.88. The molecule has 1 heterocycles. The number of benzene rings is 1. The Balaban J connectivity index is 2.73. The lowest BCUT2D eigenvalue weighted by Crippen LogP contribution is -2.22. The van der Waals surface area contributed by atoms with Gasteiger partial charge in [-0.1, -0.05) is 0 Å². The predicted octanol–water partition coefficient (Wildman–Crippen LogP) is 1.86. The van der Waals surface area contributed by atoms with Crippen molar-refractivity contribution < 1.29 is 23.1 Å². The lowest BCUT2D eigenvalue weighted by molar-refractivity contribution is 0.0693. The molecule has 0 unspecified atom stereocenters. The van der Waals surface area contributed by atoms with Gasteiger partial charge in [0.25, 0.3) is 5.56 Å². The molecule has 0 bridgehead atoms. The largest absolute Gasteiger partial charge is 0.477 e. The van der Waals surface area contributed by atoms with Crippen molar-refractivity contribution in [3.05, 3.63) is 51.2 Å². The van der Waals surface area contributed by atoms with Crippen LogP contribution in [0.5, 0.6) is 0 Å². The number of carboxylic acid groups (broad SMARTS) is 1. The monoisotopic (exact) mass is 284 g/mol. The third-order valence-corrected chi connectivity index (χ3v) is 2.56. The summed E-state index contributed by atoms with van der Waals surface area (Å²) in [4.78, 5) is 28.0. The minimum Gasteiger partial charge on any atom is -0.477 e. The van der Waals surface area contributed by atoms with Crippen molar-refractivity contribution in [2.45, 2.75) is 6.92 Å². The number of nitrogens with one attached hydrogen (secondary N) is 1. The van der Waals surface area contributed by atoms with Gasteiger partial charge in [0, 0.05) is 12.1 Å². The second-order valence-corrected chi connectivity index (χ2v) is 3.92. The Morgan fingerprint density at radius 1 is 1.25 bits per heavy atom. The fraction of sp³-hybridized carbons (Fsp3) is 0.0833. The summed E-state index contributed by atoms with van der Waals surface area (Å²) in [5.74, 6) is -5.65. The molecule has 0 amide bonds. The number of nitrogens with zero attached hydrogens (tertiary/aromatic N) is 1. The van der Waals surface area contributed by atoms with Gasteiger partial charge in [0.2, 0.25) is 0 Å². The molecule has 0 atom stereocenters. The standard InChI is InChI=1S/C12H7F3N2O3/c1-4-8(12(19)20)11(18)17-10(16-4)9-6(14)2-5(13)3-7(9)15/h2-3H,1H3,(H,19,20)(H,16,17,18). The van der Waals surface area contributed by atoms with Gasteiger partial charge in [0.05, 0.1) is 11.3 Å². The summed E-state index contributed by atoms with van der Waals surface area (Å²) < 4.78 is 39.9. The first-order chi connectivity index (χ1) is 9.31. The van der Waals surface area contributed by atoms with Crippen LogP contribution in [0.15, 0.2) is 16.9 Å². The minimum absolute atomic E-state index is 0.209. The number of aryl methyl sites for hydroxylation is 1. The topological polar surface area (TPSA) is 83.0 Å². The first-order valence-electron chi connectivity index (χ1n) is 5.30. The van der Waals surface area contributed by atoms with E-state index in [1.165, 1.54) is 6.92 Å². The number of aromatic carboxylic acids is 1. The van der Waals surface area contributed by atoms with Gasteiger partial charge < -0.3 is 10.1 Å². The number of halogens is 3. The molecule has 20 heavy (non-hydrogen) atoms. The van der Waals surface area contributed by atoms with E-state index in [1.807, 2.05) is 4.98 Å². The van der Waals surface area contributed by atoms with Gasteiger partial charge in [-0.3, -0.25) is 4.79 Å². The van der Waals surface area contributed by atoms with E-state index in [0.717, 1.165) is 0 Å². The van der Waals surface area contributed by atoms with E-state index in [9.17, 15) is 22.8 Å². The van der Waals surface area contributed by atoms with Crippen molar-refractivity contribution in [1.29, 1.82) is 0 Å². The summed E-state index contributed by atoms with van der Waals surface area (Å²) in [6.07, 6.45) is 0. The van der Waals surface area contributed by atoms with Gasteiger partial charge in [-0.25, -0.2) is 22.9 Å². The highest BCUT2D eigenvalue weighted by atomic mass is 19.1. The molecule has 8 heteroatoms. The molecule has 0 radical (unpaired) electrons. The average Bonchev–Trinajstić information content (AvgIpc) is 2.25. The fourth-order valence-corrected chi connectivity index (χ4v) is 1.72. The van der Waals surface area contributed by atoms with Crippen LogP contribution in [-0.2, 0) is 0 Å². The second kappa shape index (κ2) is 4.80. The molecule has 104 valence electrons. The van der Waals surface area contributed by atoms with Crippen molar-refractivity contribution in [1.82, 2.24) is 9.97 Å². The van der Waals surface area contributed by atoms with Gasteiger partial charge >= 0.3 is 5.97 Å². The number of carbonyl (C=O) groups is 1. The predicted molar refractivity (Wildman–Crippen MR) is 61.9 cm³/mol. The molecule has 0 spiro atoms. The van der Waals surface area contributed by atoms with E-state index < -0.39 is 45.9 Å². The number of hydrogen-bond donors (Lipinski definition) is 2. The fourth-order valence-electron chi connectivity index (χ4n) is 1.72. The minimum atomic E-state index is -1.51. The van der Waals surface area contributed by atoms with Gasteiger partial charge in [0.15, 0.2) is 0 Å². The summed E-state index contributed by atoms with van der Waals surface area (Å²) in [6, 6.07) is 0.859. The third kappa shape index (κ3) is 2.27. The first-order valence-corrected chi connectivity index (χ1v) is 5.30. The second-order valence-electron chi connectivity index (χ2n) is 3.92. The molecule has 0 aliphatic carbocycles. The average molecular weight is 284 g/mol. The normalized spacial score (nSPS) is 10.6. The molecule has 2 rings (SSSR count). The van der Waals surface area contributed by atoms with E-state index in [2.05, 4.69) is 4.98 Å². The maximum absolute atomic E-state index is 13.6. The highest BCUT2D eigenvalue weighted by Crippen LogP contribution is 2.23. The highest BCUT2D eigenvalue weighted by Gasteiger charge is 2.20. The van der Waals surface area contributed by atoms with Crippen molar-refractivity contribution in [3.63, 3.8) is 0 Å². The SMILES string of the molecule is Cc1nc(-c2c(F)cc(F)cc2F)[nH]c(=O)c1C(=O)O. The van der Waals surface area contributed by atoms with E-state index >= 15 is 0 Å². The van der Waals surface area contributed by atoms with Crippen LogP contribution in [-0.4, -0.2) is 21.0 Å². The quantitative estimate of drug-likeness (QED) is 0.881. The Morgan fingerprint density at radius 2 is 1.80 bits per heavy atom. The smallest absolute Gasteiger partial charge is 0.343 e. The van der Waals surface area contributed by atoms with E-state index in [0.29, 0.717) is 12.1 Å². The van der Waals surface area contributed by atoms with Crippen LogP contribution in [0.25, 0.3) is 11.4 Å². The molecule has 0 aliphatic rings. The lowest BCUT2D eigenvalue weighted by atomic mass is 10.1. The van der Waals surface area contributed by atoms with E-state index in [1.54, 1.807) is 0 Å². The van der Waals surface area contributed by atoms with E-state index in [-0.39, 0.29) is 5.69 Å².